The predicted molar refractivity (Wildman–Crippen MR) is 84.9 cm³/mol. The third-order valence-electron chi connectivity index (χ3n) is 3.79. The molecule has 0 unspecified atom stereocenters. The molecule has 3 heteroatoms. The molecular formula is C16H26O2Si. The Kier molecular flexibility index (Phi) is 4.85. The van der Waals surface area contributed by atoms with Crippen molar-refractivity contribution >= 4 is 14.1 Å². The second kappa shape index (κ2) is 5.82. The van der Waals surface area contributed by atoms with Gasteiger partial charge in [0.2, 0.25) is 8.32 Å². The van der Waals surface area contributed by atoms with Gasteiger partial charge in [0.25, 0.3) is 0 Å². The first kappa shape index (κ1) is 15.8. The summed E-state index contributed by atoms with van der Waals surface area (Å²) in [4.78, 5) is 0. The van der Waals surface area contributed by atoms with Crippen molar-refractivity contribution in [2.45, 2.75) is 45.8 Å². The minimum atomic E-state index is -1.81. The first-order valence-electron chi connectivity index (χ1n) is 6.71. The molecule has 0 aromatic heterocycles. The smallest absolute Gasteiger partial charge is 0.250 e. The summed E-state index contributed by atoms with van der Waals surface area (Å²) in [5, 5.41) is 0.195. The summed E-state index contributed by atoms with van der Waals surface area (Å²) < 4.78 is 11.7. The lowest BCUT2D eigenvalue weighted by Crippen LogP contribution is -2.40. The molecule has 0 atom stereocenters. The van der Waals surface area contributed by atoms with Crippen LogP contribution in [0.1, 0.15) is 33.3 Å². The summed E-state index contributed by atoms with van der Waals surface area (Å²) in [6, 6.07) is 8.02. The highest BCUT2D eigenvalue weighted by atomic mass is 28.4. The lowest BCUT2D eigenvalue weighted by atomic mass is 10.2. The fourth-order valence-corrected chi connectivity index (χ4v) is 2.58. The van der Waals surface area contributed by atoms with Gasteiger partial charge >= 0.3 is 0 Å². The second-order valence-corrected chi connectivity index (χ2v) is 11.0. The molecule has 0 fully saturated rings. The number of benzene rings is 1. The molecule has 0 radical (unpaired) electrons. The standard InChI is InChI=1S/C16H26O2Si/c1-8-15(18-19(6,7)16(2,3)4)13-10-9-11-14(12-13)17-5/h8-12H,1-7H3. The molecular weight excluding hydrogens is 252 g/mol. The van der Waals surface area contributed by atoms with Gasteiger partial charge < -0.3 is 9.16 Å². The maximum Gasteiger partial charge on any atom is 0.250 e. The molecule has 1 rings (SSSR count). The van der Waals surface area contributed by atoms with Crippen molar-refractivity contribution in [1.29, 1.82) is 0 Å². The molecule has 0 spiro atoms. The summed E-state index contributed by atoms with van der Waals surface area (Å²) in [6.07, 6.45) is 2.04. The Labute approximate surface area is 118 Å². The van der Waals surface area contributed by atoms with Crippen molar-refractivity contribution in [2.24, 2.45) is 0 Å². The average Bonchev–Trinajstić information content (AvgIpc) is 2.34. The molecule has 0 aliphatic rings. The van der Waals surface area contributed by atoms with Gasteiger partial charge in [-0.3, -0.25) is 0 Å². The van der Waals surface area contributed by atoms with E-state index < -0.39 is 8.32 Å². The maximum absolute atomic E-state index is 6.38. The number of hydrogen-bond acceptors (Lipinski definition) is 2. The Morgan fingerprint density at radius 3 is 2.32 bits per heavy atom. The topological polar surface area (TPSA) is 18.5 Å². The minimum absolute atomic E-state index is 0.195. The molecule has 106 valence electrons. The van der Waals surface area contributed by atoms with Gasteiger partial charge in [-0.1, -0.05) is 32.9 Å². The lowest BCUT2D eigenvalue weighted by molar-refractivity contribution is 0.413. The Morgan fingerprint density at radius 2 is 1.84 bits per heavy atom. The van der Waals surface area contributed by atoms with Crippen LogP contribution >= 0.6 is 0 Å². The first-order valence-corrected chi connectivity index (χ1v) is 9.62. The fourth-order valence-electron chi connectivity index (χ4n) is 1.49. The molecule has 1 aromatic rings. The van der Waals surface area contributed by atoms with Crippen molar-refractivity contribution in [1.82, 2.24) is 0 Å². The summed E-state index contributed by atoms with van der Waals surface area (Å²) in [6.45, 7) is 13.3. The number of rotatable bonds is 4. The maximum atomic E-state index is 6.38. The highest BCUT2D eigenvalue weighted by molar-refractivity contribution is 6.74. The zero-order valence-corrected chi connectivity index (χ0v) is 14.2. The van der Waals surface area contributed by atoms with E-state index >= 15 is 0 Å². The lowest BCUT2D eigenvalue weighted by Gasteiger charge is -2.37. The second-order valence-electron chi connectivity index (χ2n) is 6.25. The predicted octanol–water partition coefficient (Wildman–Crippen LogP) is 5.08. The van der Waals surface area contributed by atoms with Gasteiger partial charge in [0.15, 0.2) is 0 Å². The van der Waals surface area contributed by atoms with Gasteiger partial charge in [-0.25, -0.2) is 0 Å². The van der Waals surface area contributed by atoms with Crippen LogP contribution in [-0.2, 0) is 4.43 Å². The monoisotopic (exact) mass is 278 g/mol. The van der Waals surface area contributed by atoms with Crippen LogP contribution in [0.4, 0.5) is 0 Å². The van der Waals surface area contributed by atoms with Crippen LogP contribution in [0, 0.1) is 0 Å². The quantitative estimate of drug-likeness (QED) is 0.565. The largest absolute Gasteiger partial charge is 0.543 e. The molecule has 0 saturated heterocycles. The van der Waals surface area contributed by atoms with E-state index in [1.54, 1.807) is 7.11 Å². The van der Waals surface area contributed by atoms with Gasteiger partial charge in [0.1, 0.15) is 11.5 Å². The molecule has 2 nitrogen and oxygen atoms in total. The van der Waals surface area contributed by atoms with E-state index in [4.69, 9.17) is 9.16 Å². The van der Waals surface area contributed by atoms with Crippen LogP contribution in [0.5, 0.6) is 5.75 Å². The molecule has 0 aliphatic carbocycles. The molecule has 19 heavy (non-hydrogen) atoms. The number of methoxy groups -OCH3 is 1. The van der Waals surface area contributed by atoms with Gasteiger partial charge in [-0.05, 0) is 43.3 Å². The molecule has 0 saturated carbocycles. The van der Waals surface area contributed by atoms with Crippen LogP contribution in [0.15, 0.2) is 30.3 Å². The molecule has 0 N–H and O–H groups in total. The summed E-state index contributed by atoms with van der Waals surface area (Å²) in [5.41, 5.74) is 1.08. The first-order chi connectivity index (χ1) is 8.71. The number of allylic oxidation sites excluding steroid dienone is 1. The molecule has 1 aromatic carbocycles. The van der Waals surface area contributed by atoms with E-state index in [0.29, 0.717) is 0 Å². The molecule has 0 aliphatic heterocycles. The third-order valence-corrected chi connectivity index (χ3v) is 8.13. The van der Waals surface area contributed by atoms with E-state index in [0.717, 1.165) is 17.1 Å². The van der Waals surface area contributed by atoms with Crippen molar-refractivity contribution in [3.05, 3.63) is 35.9 Å². The van der Waals surface area contributed by atoms with E-state index in [1.807, 2.05) is 31.2 Å². The fraction of sp³-hybridized carbons (Fsp3) is 0.500. The van der Waals surface area contributed by atoms with Crippen LogP contribution < -0.4 is 4.74 Å². The van der Waals surface area contributed by atoms with Crippen molar-refractivity contribution in [3.63, 3.8) is 0 Å². The number of hydrogen-bond donors (Lipinski definition) is 0. The van der Waals surface area contributed by atoms with Crippen LogP contribution in [0.2, 0.25) is 18.1 Å². The van der Waals surface area contributed by atoms with Crippen LogP contribution in [-0.4, -0.2) is 15.4 Å². The average molecular weight is 278 g/mol. The summed E-state index contributed by atoms with van der Waals surface area (Å²) in [7, 11) is -0.125. The zero-order valence-electron chi connectivity index (χ0n) is 13.2. The Balaban J connectivity index is 3.03. The third kappa shape index (κ3) is 3.87. The molecule has 0 heterocycles. The van der Waals surface area contributed by atoms with Crippen molar-refractivity contribution < 1.29 is 9.16 Å². The van der Waals surface area contributed by atoms with Crippen LogP contribution in [0.3, 0.4) is 0 Å². The van der Waals surface area contributed by atoms with Crippen LogP contribution in [0.25, 0.3) is 5.76 Å². The number of ether oxygens (including phenoxy) is 1. The van der Waals surface area contributed by atoms with Gasteiger partial charge in [0.05, 0.1) is 7.11 Å². The van der Waals surface area contributed by atoms with E-state index in [1.165, 1.54) is 0 Å². The Hall–Kier alpha value is -1.22. The molecule has 0 bridgehead atoms. The van der Waals surface area contributed by atoms with Gasteiger partial charge in [-0.15, -0.1) is 0 Å². The zero-order chi connectivity index (χ0) is 14.7. The highest BCUT2D eigenvalue weighted by Gasteiger charge is 2.39. The van der Waals surface area contributed by atoms with E-state index in [9.17, 15) is 0 Å². The van der Waals surface area contributed by atoms with Gasteiger partial charge in [0, 0.05) is 5.56 Å². The summed E-state index contributed by atoms with van der Waals surface area (Å²) >= 11 is 0. The minimum Gasteiger partial charge on any atom is -0.543 e. The normalized spacial score (nSPS) is 13.3. The van der Waals surface area contributed by atoms with Crippen molar-refractivity contribution in [3.8, 4) is 5.75 Å². The SMILES string of the molecule is CC=C(O[Si](C)(C)C(C)(C)C)c1cccc(OC)c1. The van der Waals surface area contributed by atoms with E-state index in [2.05, 4.69) is 39.9 Å². The molecule has 0 amide bonds. The van der Waals surface area contributed by atoms with Crippen molar-refractivity contribution in [2.75, 3.05) is 7.11 Å². The van der Waals surface area contributed by atoms with Gasteiger partial charge in [-0.2, -0.15) is 0 Å². The Bertz CT molecular complexity index is 456. The Morgan fingerprint density at radius 1 is 1.21 bits per heavy atom. The van der Waals surface area contributed by atoms with E-state index in [-0.39, 0.29) is 5.04 Å². The summed E-state index contributed by atoms with van der Waals surface area (Å²) in [5.74, 6) is 1.81. The highest BCUT2D eigenvalue weighted by Crippen LogP contribution is 2.39.